The molecule has 0 fully saturated rings. The molecule has 0 saturated carbocycles. The number of nitrogens with one attached hydrogen (secondary N) is 2. The molecule has 2 N–H and O–H groups in total. The van der Waals surface area contributed by atoms with E-state index < -0.39 is 149 Å². The van der Waals surface area contributed by atoms with Crippen molar-refractivity contribution in [2.45, 2.75) is 65.4 Å². The second kappa shape index (κ2) is 15.6. The maximum Gasteiger partial charge on any atom is 0.460 e. The third-order valence-corrected chi connectivity index (χ3v) is 11.7. The maximum atomic E-state index is 17.4. The fourth-order valence-electron chi connectivity index (χ4n) is 8.06. The summed E-state index contributed by atoms with van der Waals surface area (Å²) in [6.45, 7) is 0. The van der Waals surface area contributed by atoms with Crippen LogP contribution in [0.25, 0.3) is 68.1 Å². The van der Waals surface area contributed by atoms with Gasteiger partial charge in [-0.05, 0) is 53.6 Å². The van der Waals surface area contributed by atoms with Gasteiger partial charge in [-0.15, -0.1) is 0 Å². The average Bonchev–Trinajstić information content (AvgIpc) is 4.14. The molecule has 0 radical (unpaired) electrons. The molecule has 3 aromatic heterocycles. The number of aromatic nitrogens is 4. The Hall–Kier alpha value is -6.90. The molecule has 0 spiro atoms. The molecule has 1 atom stereocenters. The number of ketones is 1. The fourth-order valence-corrected chi connectivity index (χ4v) is 8.06. The van der Waals surface area contributed by atoms with Crippen molar-refractivity contribution >= 4 is 51.7 Å². The summed E-state index contributed by atoms with van der Waals surface area (Å²) < 4.78 is 341. The van der Waals surface area contributed by atoms with Crippen LogP contribution < -0.4 is 0 Å². The average molecular weight is 1060 g/mol. The van der Waals surface area contributed by atoms with Crippen LogP contribution in [0.3, 0.4) is 0 Å². The molecule has 0 amide bonds. The van der Waals surface area contributed by atoms with Crippen LogP contribution in [0.15, 0.2) is 84.9 Å². The third-order valence-electron chi connectivity index (χ3n) is 11.7. The monoisotopic (exact) mass is 1060 g/mol. The van der Waals surface area contributed by atoms with Gasteiger partial charge in [-0.2, -0.15) is 96.6 Å². The lowest BCUT2D eigenvalue weighted by atomic mass is 9.82. The van der Waals surface area contributed by atoms with E-state index in [2.05, 4.69) is 15.0 Å². The number of halogens is 23. The molecule has 72 heavy (non-hydrogen) atoms. The van der Waals surface area contributed by atoms with Gasteiger partial charge >= 0.3 is 59.7 Å². The van der Waals surface area contributed by atoms with Crippen molar-refractivity contribution in [1.29, 1.82) is 0 Å². The summed E-state index contributed by atoms with van der Waals surface area (Å²) >= 11 is 0. The van der Waals surface area contributed by atoms with Crippen LogP contribution in [0, 0.1) is 0 Å². The molecule has 5 heterocycles. The number of rotatable bonds is 10. The molecular formula is C44H19F23N4O. The molecule has 1 unspecified atom stereocenters. The minimum Gasteiger partial charge on any atom is -0.354 e. The maximum absolute atomic E-state index is 17.4. The first-order valence-corrected chi connectivity index (χ1v) is 19.6. The summed E-state index contributed by atoms with van der Waals surface area (Å²) in [7, 11) is 0. The van der Waals surface area contributed by atoms with Crippen LogP contribution in [0.2, 0.25) is 0 Å². The van der Waals surface area contributed by atoms with E-state index in [-0.39, 0.29) is 17.7 Å². The standard InChI is InChI=1S/C44H19F23N4O/c45-34(36(48,49)38(52,53)41(58,59)43(62,63)64)20-17-27-29(19-9-5-2-6-10-19)23-14-16-26(70-23)31(35(46,47)37(50,51)39(54,55)40(56,57)42(60,61)44(65,66)67)25-15-13-22(69-25)28(18-7-3-1-4-8-18)21-11-12-24(68-21)30(33(34)72)32(20)71-27/h1-17,68,70H. The molecule has 0 saturated heterocycles. The number of H-pyrrole nitrogens is 2. The highest BCUT2D eigenvalue weighted by molar-refractivity contribution is 6.26. The van der Waals surface area contributed by atoms with E-state index in [4.69, 9.17) is 0 Å². The van der Waals surface area contributed by atoms with Crippen LogP contribution in [-0.2, 0) is 5.92 Å². The predicted octanol–water partition coefficient (Wildman–Crippen LogP) is 14.9. The lowest BCUT2D eigenvalue weighted by molar-refractivity contribution is -0.441. The Morgan fingerprint density at radius 3 is 1.31 bits per heavy atom. The number of hydrogen-bond donors (Lipinski definition) is 2. The minimum atomic E-state index is -8.36. The molecule has 2 aliphatic heterocycles. The van der Waals surface area contributed by atoms with Crippen LogP contribution in [-0.4, -0.2) is 85.2 Å². The number of carbonyl (C=O) groups excluding carboxylic acids is 1. The Labute approximate surface area is 383 Å². The predicted molar refractivity (Wildman–Crippen MR) is 207 cm³/mol. The normalized spacial score (nSPS) is 17.5. The first kappa shape index (κ1) is 51.5. The van der Waals surface area contributed by atoms with Crippen LogP contribution in [0.5, 0.6) is 0 Å². The molecule has 3 aliphatic rings. The Morgan fingerprint density at radius 1 is 0.417 bits per heavy atom. The number of aromatic amines is 2. The molecule has 28 heteroatoms. The van der Waals surface area contributed by atoms with E-state index in [1.165, 1.54) is 24.3 Å². The molecule has 8 rings (SSSR count). The SMILES string of the molecule is O=C1c2c3nc(c(-c4ccccc4)c4ccc([nH]4)c(C(F)(F)C(F)(F)C(F)(F)C(F)(F)C(F)(F)C(F)(F)F)c4nc(c(-c5ccccc5)c5ccc2[nH]5)C=C4)C=C3C1(F)C(F)(F)C(F)(F)C(F)(F)C(F)(F)F. The molecular weight excluding hydrogens is 1040 g/mol. The number of fused-ring (bicyclic) bond motifs is 8. The zero-order valence-electron chi connectivity index (χ0n) is 34.3. The molecule has 1 aliphatic carbocycles. The first-order chi connectivity index (χ1) is 32.9. The Balaban J connectivity index is 1.56. The van der Waals surface area contributed by atoms with Gasteiger partial charge in [0.25, 0.3) is 5.67 Å². The van der Waals surface area contributed by atoms with Gasteiger partial charge in [0.05, 0.1) is 44.9 Å². The van der Waals surface area contributed by atoms with E-state index in [0.29, 0.717) is 24.3 Å². The van der Waals surface area contributed by atoms with Crippen molar-refractivity contribution in [2.75, 3.05) is 0 Å². The topological polar surface area (TPSA) is 74.4 Å². The first-order valence-electron chi connectivity index (χ1n) is 19.6. The van der Waals surface area contributed by atoms with Gasteiger partial charge < -0.3 is 9.97 Å². The van der Waals surface area contributed by atoms with Gasteiger partial charge in [0.1, 0.15) is 0 Å². The summed E-state index contributed by atoms with van der Waals surface area (Å²) in [6, 6.07) is 13.6. The smallest absolute Gasteiger partial charge is 0.354 e. The molecule has 5 aromatic rings. The summed E-state index contributed by atoms with van der Waals surface area (Å²) in [5.74, 6) is -65.8. The zero-order valence-corrected chi connectivity index (χ0v) is 34.3. The molecule has 8 bridgehead atoms. The number of nitrogens with zero attached hydrogens (tertiary/aromatic N) is 2. The third kappa shape index (κ3) is 6.66. The van der Waals surface area contributed by atoms with Crippen molar-refractivity contribution in [1.82, 2.24) is 19.9 Å². The number of Topliss-reactive ketones (excluding diaryl/α,β-unsaturated/α-hetero) is 1. The second-order valence-electron chi connectivity index (χ2n) is 16.0. The lowest BCUT2D eigenvalue weighted by Gasteiger charge is -2.39. The van der Waals surface area contributed by atoms with Crippen molar-refractivity contribution in [3.05, 3.63) is 119 Å². The van der Waals surface area contributed by atoms with Crippen LogP contribution in [0.4, 0.5) is 101 Å². The molecule has 2 aromatic carbocycles. The van der Waals surface area contributed by atoms with Crippen molar-refractivity contribution < 1.29 is 106 Å². The summed E-state index contributed by atoms with van der Waals surface area (Å²) in [5, 5.41) is 0. The molecule has 5 nitrogen and oxygen atoms in total. The van der Waals surface area contributed by atoms with E-state index in [1.807, 2.05) is 4.98 Å². The van der Waals surface area contributed by atoms with E-state index in [0.717, 1.165) is 42.5 Å². The lowest BCUT2D eigenvalue weighted by Crippen LogP contribution is -2.69. The number of carbonyl (C=O) groups is 1. The number of hydrogen-bond acceptors (Lipinski definition) is 3. The number of benzene rings is 2. The Kier molecular flexibility index (Phi) is 11.1. The Morgan fingerprint density at radius 2 is 0.819 bits per heavy atom. The highest BCUT2D eigenvalue weighted by atomic mass is 19.4. The summed E-state index contributed by atoms with van der Waals surface area (Å²) in [4.78, 5) is 25.9. The fraction of sp³-hybridized carbons (Fsp3) is 0.250. The summed E-state index contributed by atoms with van der Waals surface area (Å²) in [6.07, 6.45) is -14.5. The highest BCUT2D eigenvalue weighted by Crippen LogP contribution is 2.65. The molecule has 382 valence electrons. The Bertz CT molecular complexity index is 3280. The van der Waals surface area contributed by atoms with Crippen molar-refractivity contribution in [3.63, 3.8) is 0 Å². The van der Waals surface area contributed by atoms with Crippen LogP contribution in [0.1, 0.15) is 38.7 Å². The van der Waals surface area contributed by atoms with Crippen molar-refractivity contribution in [2.24, 2.45) is 0 Å². The van der Waals surface area contributed by atoms with Gasteiger partial charge in [0.2, 0.25) is 5.78 Å². The largest absolute Gasteiger partial charge is 0.460 e. The highest BCUT2D eigenvalue weighted by Gasteiger charge is 2.92. The summed E-state index contributed by atoms with van der Waals surface area (Å²) in [5.41, 5.74) is -23.4. The van der Waals surface area contributed by atoms with Gasteiger partial charge in [-0.3, -0.25) is 4.79 Å². The minimum absolute atomic E-state index is 0.0657. The van der Waals surface area contributed by atoms with Gasteiger partial charge in [0.15, 0.2) is 0 Å². The van der Waals surface area contributed by atoms with E-state index >= 15 is 48.3 Å². The van der Waals surface area contributed by atoms with Gasteiger partial charge in [0, 0.05) is 27.7 Å². The van der Waals surface area contributed by atoms with E-state index in [9.17, 15) is 57.5 Å². The quantitative estimate of drug-likeness (QED) is 0.134. The van der Waals surface area contributed by atoms with Crippen molar-refractivity contribution in [3.8, 4) is 22.3 Å². The van der Waals surface area contributed by atoms with Gasteiger partial charge in [-0.1, -0.05) is 60.7 Å². The van der Waals surface area contributed by atoms with Gasteiger partial charge in [-0.25, -0.2) is 14.4 Å². The number of alkyl halides is 23. The van der Waals surface area contributed by atoms with E-state index in [1.54, 1.807) is 0 Å². The van der Waals surface area contributed by atoms with Crippen LogP contribution >= 0.6 is 0 Å². The second-order valence-corrected chi connectivity index (χ2v) is 16.0. The number of allylic oxidation sites excluding steroid dienone is 1. The zero-order chi connectivity index (χ0) is 53.6.